The highest BCUT2D eigenvalue weighted by Crippen LogP contribution is 2.22. The zero-order chi connectivity index (χ0) is 13.3. The van der Waals surface area contributed by atoms with Crippen molar-refractivity contribution in [3.8, 4) is 0 Å². The zero-order valence-electron chi connectivity index (χ0n) is 10.5. The smallest absolute Gasteiger partial charge is 0.328 e. The van der Waals surface area contributed by atoms with Crippen LogP contribution in [-0.2, 0) is 4.79 Å². The van der Waals surface area contributed by atoms with Crippen LogP contribution in [0.1, 0.15) is 20.3 Å². The molecule has 1 fully saturated rings. The monoisotopic (exact) mass is 247 g/mol. The molecule has 0 spiro atoms. The van der Waals surface area contributed by atoms with Gasteiger partial charge in [0, 0.05) is 18.2 Å². The Hall–Kier alpha value is -2.04. The molecule has 18 heavy (non-hydrogen) atoms. The first-order chi connectivity index (χ1) is 8.49. The first kappa shape index (κ1) is 12.4. The summed E-state index contributed by atoms with van der Waals surface area (Å²) >= 11 is 0. The van der Waals surface area contributed by atoms with Crippen molar-refractivity contribution in [2.45, 2.75) is 26.3 Å². The Morgan fingerprint density at radius 3 is 2.39 bits per heavy atom. The van der Waals surface area contributed by atoms with Crippen molar-refractivity contribution in [1.82, 2.24) is 5.32 Å². The van der Waals surface area contributed by atoms with Crippen LogP contribution < -0.4 is 16.0 Å². The number of carbonyl (C=O) groups excluding carboxylic acids is 2. The lowest BCUT2D eigenvalue weighted by Gasteiger charge is -2.33. The minimum Gasteiger partial charge on any atom is -0.399 e. The summed E-state index contributed by atoms with van der Waals surface area (Å²) in [5.41, 5.74) is 6.73. The maximum atomic E-state index is 12.0. The Kier molecular flexibility index (Phi) is 3.23. The fraction of sp³-hybridized carbons (Fsp3) is 0.385. The van der Waals surface area contributed by atoms with E-state index in [0.29, 0.717) is 17.8 Å². The minimum absolute atomic E-state index is 0.0879. The summed E-state index contributed by atoms with van der Waals surface area (Å²) in [4.78, 5) is 25.2. The Labute approximate surface area is 106 Å². The van der Waals surface area contributed by atoms with E-state index in [-0.39, 0.29) is 23.9 Å². The Balaban J connectivity index is 2.22. The molecule has 0 bridgehead atoms. The Morgan fingerprint density at radius 1 is 1.28 bits per heavy atom. The predicted molar refractivity (Wildman–Crippen MR) is 70.1 cm³/mol. The van der Waals surface area contributed by atoms with Crippen LogP contribution in [0.3, 0.4) is 0 Å². The van der Waals surface area contributed by atoms with Gasteiger partial charge in [0.1, 0.15) is 0 Å². The SMILES string of the molecule is CC(C)C1CC(=O)N(c2ccc(N)cc2)C(=O)N1. The Morgan fingerprint density at radius 2 is 1.89 bits per heavy atom. The molecule has 0 aliphatic carbocycles. The van der Waals surface area contributed by atoms with Gasteiger partial charge in [-0.25, -0.2) is 9.69 Å². The first-order valence-corrected chi connectivity index (χ1v) is 5.98. The number of amides is 3. The molecule has 2 rings (SSSR count). The van der Waals surface area contributed by atoms with Gasteiger partial charge < -0.3 is 11.1 Å². The van der Waals surface area contributed by atoms with Gasteiger partial charge >= 0.3 is 6.03 Å². The largest absolute Gasteiger partial charge is 0.399 e. The molecule has 1 atom stereocenters. The van der Waals surface area contributed by atoms with E-state index in [1.807, 2.05) is 13.8 Å². The summed E-state index contributed by atoms with van der Waals surface area (Å²) in [5, 5.41) is 2.84. The standard InChI is InChI=1S/C13H17N3O2/c1-8(2)11-7-12(17)16(13(18)15-11)10-5-3-9(14)4-6-10/h3-6,8,11H,7,14H2,1-2H3,(H,15,18). The minimum atomic E-state index is -0.366. The van der Waals surface area contributed by atoms with Crippen molar-refractivity contribution in [2.75, 3.05) is 10.6 Å². The van der Waals surface area contributed by atoms with Gasteiger partial charge in [-0.1, -0.05) is 13.8 Å². The number of hydrogen-bond acceptors (Lipinski definition) is 3. The number of hydrogen-bond donors (Lipinski definition) is 2. The van der Waals surface area contributed by atoms with Crippen molar-refractivity contribution < 1.29 is 9.59 Å². The molecule has 3 N–H and O–H groups in total. The molecule has 1 aliphatic heterocycles. The summed E-state index contributed by atoms with van der Waals surface area (Å²) in [6, 6.07) is 6.23. The van der Waals surface area contributed by atoms with E-state index < -0.39 is 0 Å². The maximum absolute atomic E-state index is 12.0. The predicted octanol–water partition coefficient (Wildman–Crippen LogP) is 1.74. The highest BCUT2D eigenvalue weighted by molar-refractivity contribution is 6.16. The lowest BCUT2D eigenvalue weighted by atomic mass is 9.98. The number of nitrogens with one attached hydrogen (secondary N) is 1. The molecule has 3 amide bonds. The fourth-order valence-corrected chi connectivity index (χ4v) is 1.95. The molecule has 5 nitrogen and oxygen atoms in total. The quantitative estimate of drug-likeness (QED) is 0.782. The number of benzene rings is 1. The molecule has 1 aliphatic rings. The number of nitrogens with two attached hydrogens (primary N) is 1. The molecule has 0 radical (unpaired) electrons. The van der Waals surface area contributed by atoms with Crippen LogP contribution in [0.4, 0.5) is 16.2 Å². The molecular weight excluding hydrogens is 230 g/mol. The number of nitrogen functional groups attached to an aromatic ring is 1. The van der Waals surface area contributed by atoms with E-state index in [9.17, 15) is 9.59 Å². The number of rotatable bonds is 2. The van der Waals surface area contributed by atoms with Crippen LogP contribution >= 0.6 is 0 Å². The molecule has 1 aromatic carbocycles. The molecular formula is C13H17N3O2. The summed E-state index contributed by atoms with van der Waals surface area (Å²) in [6.07, 6.45) is 0.327. The number of carbonyl (C=O) groups is 2. The van der Waals surface area contributed by atoms with Crippen molar-refractivity contribution >= 4 is 23.3 Å². The van der Waals surface area contributed by atoms with E-state index in [4.69, 9.17) is 5.73 Å². The highest BCUT2D eigenvalue weighted by atomic mass is 16.2. The van der Waals surface area contributed by atoms with Gasteiger partial charge in [-0.2, -0.15) is 0 Å². The molecule has 0 aromatic heterocycles. The van der Waals surface area contributed by atoms with Crippen molar-refractivity contribution in [2.24, 2.45) is 5.92 Å². The summed E-state index contributed by atoms with van der Waals surface area (Å²) < 4.78 is 0. The van der Waals surface area contributed by atoms with Gasteiger partial charge in [-0.05, 0) is 30.2 Å². The maximum Gasteiger partial charge on any atom is 0.328 e. The van der Waals surface area contributed by atoms with Crippen LogP contribution in [0.5, 0.6) is 0 Å². The van der Waals surface area contributed by atoms with E-state index >= 15 is 0 Å². The second kappa shape index (κ2) is 4.68. The van der Waals surface area contributed by atoms with E-state index in [2.05, 4.69) is 5.32 Å². The van der Waals surface area contributed by atoms with Gasteiger partial charge in [0.15, 0.2) is 0 Å². The summed E-state index contributed by atoms with van der Waals surface area (Å²) in [6.45, 7) is 3.97. The normalized spacial score (nSPS) is 20.2. The van der Waals surface area contributed by atoms with Gasteiger partial charge in [-0.15, -0.1) is 0 Å². The fourth-order valence-electron chi connectivity index (χ4n) is 1.95. The number of urea groups is 1. The third-order valence-electron chi connectivity index (χ3n) is 3.11. The van der Waals surface area contributed by atoms with Crippen LogP contribution in [0.25, 0.3) is 0 Å². The topological polar surface area (TPSA) is 75.4 Å². The van der Waals surface area contributed by atoms with Crippen LogP contribution in [0, 0.1) is 5.92 Å². The average molecular weight is 247 g/mol. The third kappa shape index (κ3) is 2.30. The summed E-state index contributed by atoms with van der Waals surface area (Å²) in [5.74, 6) is 0.0636. The molecule has 1 aromatic rings. The van der Waals surface area contributed by atoms with Crippen molar-refractivity contribution in [3.05, 3.63) is 24.3 Å². The molecule has 1 unspecified atom stereocenters. The number of anilines is 2. The van der Waals surface area contributed by atoms with Crippen LogP contribution in [-0.4, -0.2) is 18.0 Å². The molecule has 96 valence electrons. The highest BCUT2D eigenvalue weighted by Gasteiger charge is 2.34. The van der Waals surface area contributed by atoms with E-state index in [1.165, 1.54) is 0 Å². The van der Waals surface area contributed by atoms with Crippen LogP contribution in [0.15, 0.2) is 24.3 Å². The van der Waals surface area contributed by atoms with Crippen molar-refractivity contribution in [3.63, 3.8) is 0 Å². The van der Waals surface area contributed by atoms with Gasteiger partial charge in [-0.3, -0.25) is 4.79 Å². The van der Waals surface area contributed by atoms with Gasteiger partial charge in [0.25, 0.3) is 0 Å². The van der Waals surface area contributed by atoms with Crippen LogP contribution in [0.2, 0.25) is 0 Å². The number of imide groups is 1. The second-order valence-electron chi connectivity index (χ2n) is 4.82. The average Bonchev–Trinajstić information content (AvgIpc) is 2.30. The molecule has 5 heteroatoms. The van der Waals surface area contributed by atoms with Crippen molar-refractivity contribution in [1.29, 1.82) is 0 Å². The van der Waals surface area contributed by atoms with E-state index in [1.54, 1.807) is 24.3 Å². The van der Waals surface area contributed by atoms with E-state index in [0.717, 1.165) is 4.90 Å². The summed E-state index contributed by atoms with van der Waals surface area (Å²) in [7, 11) is 0. The lowest BCUT2D eigenvalue weighted by Crippen LogP contribution is -2.56. The third-order valence-corrected chi connectivity index (χ3v) is 3.11. The first-order valence-electron chi connectivity index (χ1n) is 5.98. The second-order valence-corrected chi connectivity index (χ2v) is 4.82. The molecule has 0 saturated carbocycles. The lowest BCUT2D eigenvalue weighted by molar-refractivity contribution is -0.119. The Bertz CT molecular complexity index is 450. The number of nitrogens with zero attached hydrogens (tertiary/aromatic N) is 1. The molecule has 1 heterocycles. The zero-order valence-corrected chi connectivity index (χ0v) is 10.5. The van der Waals surface area contributed by atoms with Gasteiger partial charge in [0.05, 0.1) is 5.69 Å². The van der Waals surface area contributed by atoms with Gasteiger partial charge in [0.2, 0.25) is 5.91 Å². The molecule has 1 saturated heterocycles.